The van der Waals surface area contributed by atoms with E-state index in [0.717, 1.165) is 18.5 Å². The minimum atomic E-state index is -0.564. The summed E-state index contributed by atoms with van der Waals surface area (Å²) in [6.07, 6.45) is 0.801. The van der Waals surface area contributed by atoms with E-state index in [1.54, 1.807) is 29.7 Å². The highest BCUT2D eigenvalue weighted by atomic mass is 16.5. The molecule has 0 aliphatic carbocycles. The molecule has 0 saturated carbocycles. The van der Waals surface area contributed by atoms with Gasteiger partial charge in [0, 0.05) is 60.3 Å². The number of amides is 3. The predicted octanol–water partition coefficient (Wildman–Crippen LogP) is 4.08. The first-order valence-corrected chi connectivity index (χ1v) is 11.3. The molecule has 34 heavy (non-hydrogen) atoms. The smallest absolute Gasteiger partial charge is 0.317 e. The van der Waals surface area contributed by atoms with Crippen LogP contribution in [0.2, 0.25) is 0 Å². The van der Waals surface area contributed by atoms with Gasteiger partial charge < -0.3 is 14.8 Å². The number of benzene rings is 3. The summed E-state index contributed by atoms with van der Waals surface area (Å²) in [5.74, 6) is -0.564. The Bertz CT molecular complexity index is 1330. The Balaban J connectivity index is 1.31. The van der Waals surface area contributed by atoms with Crippen LogP contribution in [-0.2, 0) is 26.1 Å². The molecule has 0 saturated heterocycles. The van der Waals surface area contributed by atoms with Crippen molar-refractivity contribution in [2.75, 3.05) is 6.54 Å². The second-order valence-electron chi connectivity index (χ2n) is 8.48. The molecular formula is C27H26N4O3. The minimum Gasteiger partial charge on any atom is -0.340 e. The molecule has 2 heterocycles. The quantitative estimate of drug-likeness (QED) is 0.314. The van der Waals surface area contributed by atoms with Gasteiger partial charge in [-0.2, -0.15) is 0 Å². The second kappa shape index (κ2) is 9.41. The molecule has 0 atom stereocenters. The van der Waals surface area contributed by atoms with Crippen LogP contribution in [0, 0.1) is 0 Å². The number of hydrogen-bond donors (Lipinski definition) is 3. The molecule has 3 amide bonds. The molecule has 7 nitrogen and oxygen atoms in total. The summed E-state index contributed by atoms with van der Waals surface area (Å²) in [4.78, 5) is 26.3. The Kier molecular flexibility index (Phi) is 6.01. The Morgan fingerprint density at radius 1 is 0.882 bits per heavy atom. The van der Waals surface area contributed by atoms with Gasteiger partial charge >= 0.3 is 6.03 Å². The molecule has 0 fully saturated rings. The van der Waals surface area contributed by atoms with Gasteiger partial charge in [-0.15, -0.1) is 0 Å². The second-order valence-corrected chi connectivity index (χ2v) is 8.48. The normalized spacial score (nSPS) is 12.9. The van der Waals surface area contributed by atoms with Crippen LogP contribution in [0.15, 0.2) is 78.9 Å². The van der Waals surface area contributed by atoms with Crippen LogP contribution in [0.25, 0.3) is 10.9 Å². The average Bonchev–Trinajstić information content (AvgIpc) is 3.20. The molecule has 1 aromatic heterocycles. The molecule has 1 aliphatic heterocycles. The summed E-state index contributed by atoms with van der Waals surface area (Å²) in [7, 11) is 0. The van der Waals surface area contributed by atoms with E-state index in [9.17, 15) is 9.59 Å². The number of nitrogens with one attached hydrogen (secondary N) is 2. The molecule has 1 aliphatic rings. The molecule has 5 rings (SSSR count). The zero-order valence-electron chi connectivity index (χ0n) is 18.7. The largest absolute Gasteiger partial charge is 0.340 e. The molecule has 4 aromatic rings. The predicted molar refractivity (Wildman–Crippen MR) is 130 cm³/mol. The Morgan fingerprint density at radius 2 is 1.62 bits per heavy atom. The van der Waals surface area contributed by atoms with E-state index in [-0.39, 0.29) is 6.03 Å². The lowest BCUT2D eigenvalue weighted by Gasteiger charge is -2.28. The van der Waals surface area contributed by atoms with E-state index in [2.05, 4.69) is 58.4 Å². The van der Waals surface area contributed by atoms with Crippen molar-refractivity contribution in [2.45, 2.75) is 26.1 Å². The molecule has 0 unspecified atom stereocenters. The lowest BCUT2D eigenvalue weighted by molar-refractivity contribution is 0.0706. The van der Waals surface area contributed by atoms with Crippen molar-refractivity contribution in [3.05, 3.63) is 107 Å². The van der Waals surface area contributed by atoms with Crippen LogP contribution in [-0.4, -0.2) is 33.2 Å². The van der Waals surface area contributed by atoms with Gasteiger partial charge in [0.2, 0.25) is 0 Å². The van der Waals surface area contributed by atoms with Crippen molar-refractivity contribution >= 4 is 22.8 Å². The molecule has 0 spiro atoms. The number of para-hydroxylation sites is 1. The van der Waals surface area contributed by atoms with Crippen molar-refractivity contribution < 1.29 is 14.8 Å². The van der Waals surface area contributed by atoms with Gasteiger partial charge in [-0.1, -0.05) is 60.7 Å². The molecule has 0 radical (unpaired) electrons. The maximum Gasteiger partial charge on any atom is 0.317 e. The van der Waals surface area contributed by atoms with Crippen LogP contribution >= 0.6 is 0 Å². The highest BCUT2D eigenvalue weighted by Gasteiger charge is 2.26. The number of fused-ring (bicyclic) bond motifs is 3. The Morgan fingerprint density at radius 3 is 2.38 bits per heavy atom. The number of nitrogens with zero attached hydrogens (tertiary/aromatic N) is 2. The number of hydroxylamine groups is 1. The van der Waals surface area contributed by atoms with E-state index in [1.165, 1.54) is 27.7 Å². The van der Waals surface area contributed by atoms with Crippen LogP contribution in [0.1, 0.15) is 32.7 Å². The highest BCUT2D eigenvalue weighted by Crippen LogP contribution is 2.31. The monoisotopic (exact) mass is 454 g/mol. The number of carbonyl (C=O) groups excluding carboxylic acids is 2. The van der Waals surface area contributed by atoms with Gasteiger partial charge in [-0.3, -0.25) is 10.0 Å². The molecule has 3 aromatic carbocycles. The van der Waals surface area contributed by atoms with Gasteiger partial charge in [0.15, 0.2) is 0 Å². The fourth-order valence-corrected chi connectivity index (χ4v) is 4.65. The van der Waals surface area contributed by atoms with E-state index >= 15 is 0 Å². The maximum absolute atomic E-state index is 12.9. The topological polar surface area (TPSA) is 86.6 Å². The maximum atomic E-state index is 12.9. The Labute approximate surface area is 197 Å². The zero-order chi connectivity index (χ0) is 23.5. The summed E-state index contributed by atoms with van der Waals surface area (Å²) < 4.78 is 2.39. The lowest BCUT2D eigenvalue weighted by Crippen LogP contribution is -2.42. The van der Waals surface area contributed by atoms with Crippen molar-refractivity contribution in [1.29, 1.82) is 0 Å². The van der Waals surface area contributed by atoms with Crippen LogP contribution in [0.3, 0.4) is 0 Å². The summed E-state index contributed by atoms with van der Waals surface area (Å²) in [5.41, 5.74) is 7.81. The summed E-state index contributed by atoms with van der Waals surface area (Å²) in [5, 5.41) is 12.9. The fourth-order valence-electron chi connectivity index (χ4n) is 4.65. The first kappa shape index (κ1) is 21.7. The average molecular weight is 455 g/mol. The minimum absolute atomic E-state index is 0.109. The number of aromatic nitrogens is 1. The summed E-state index contributed by atoms with van der Waals surface area (Å²) >= 11 is 0. The third-order valence-electron chi connectivity index (χ3n) is 6.39. The number of carbonyl (C=O) groups is 2. The van der Waals surface area contributed by atoms with Gasteiger partial charge in [-0.05, 0) is 29.3 Å². The number of hydrogen-bond acceptors (Lipinski definition) is 3. The molecular weight excluding hydrogens is 428 g/mol. The van der Waals surface area contributed by atoms with Gasteiger partial charge in [0.1, 0.15) is 0 Å². The van der Waals surface area contributed by atoms with Gasteiger partial charge in [0.05, 0.1) is 0 Å². The SMILES string of the molecule is O=C(NO)c1ccc(CNC(=O)N2CCc3c(c4ccccc4n3Cc3ccccc3)C2)cc1. The summed E-state index contributed by atoms with van der Waals surface area (Å²) in [6.45, 7) is 2.39. The van der Waals surface area contributed by atoms with Crippen LogP contribution in [0.5, 0.6) is 0 Å². The zero-order valence-corrected chi connectivity index (χ0v) is 18.7. The molecule has 7 heteroatoms. The first-order chi connectivity index (χ1) is 16.6. The van der Waals surface area contributed by atoms with Crippen molar-refractivity contribution in [3.8, 4) is 0 Å². The lowest BCUT2D eigenvalue weighted by atomic mass is 10.0. The standard InChI is InChI=1S/C27H26N4O3/c32-26(29-34)21-12-10-19(11-13-21)16-28-27(33)30-15-14-25-23(18-30)22-8-4-5-9-24(22)31(25)17-20-6-2-1-3-7-20/h1-13,34H,14-18H2,(H,28,33)(H,29,32). The van der Waals surface area contributed by atoms with Crippen molar-refractivity contribution in [3.63, 3.8) is 0 Å². The summed E-state index contributed by atoms with van der Waals surface area (Å²) in [6, 6.07) is 25.5. The molecule has 3 N–H and O–H groups in total. The highest BCUT2D eigenvalue weighted by molar-refractivity contribution is 5.93. The van der Waals surface area contributed by atoms with Gasteiger partial charge in [0.25, 0.3) is 5.91 Å². The van der Waals surface area contributed by atoms with E-state index < -0.39 is 5.91 Å². The van der Waals surface area contributed by atoms with Gasteiger partial charge in [-0.25, -0.2) is 10.3 Å². The van der Waals surface area contributed by atoms with E-state index in [0.29, 0.717) is 25.2 Å². The molecule has 172 valence electrons. The van der Waals surface area contributed by atoms with Crippen LogP contribution < -0.4 is 10.8 Å². The van der Waals surface area contributed by atoms with E-state index in [1.807, 2.05) is 11.0 Å². The third kappa shape index (κ3) is 4.25. The fraction of sp³-hybridized carbons (Fsp3) is 0.185. The first-order valence-electron chi connectivity index (χ1n) is 11.3. The van der Waals surface area contributed by atoms with Crippen molar-refractivity contribution in [2.24, 2.45) is 0 Å². The van der Waals surface area contributed by atoms with Crippen LogP contribution in [0.4, 0.5) is 4.79 Å². The number of urea groups is 1. The molecule has 0 bridgehead atoms. The van der Waals surface area contributed by atoms with Crippen molar-refractivity contribution in [1.82, 2.24) is 20.3 Å². The third-order valence-corrected chi connectivity index (χ3v) is 6.39. The Hall–Kier alpha value is -4.10. The number of rotatable bonds is 5. The van der Waals surface area contributed by atoms with E-state index in [4.69, 9.17) is 5.21 Å².